The molecule has 3 nitrogen and oxygen atoms in total. The lowest BCUT2D eigenvalue weighted by Gasteiger charge is -2.08. The fourth-order valence-electron chi connectivity index (χ4n) is 2.79. The van der Waals surface area contributed by atoms with Crippen molar-refractivity contribution in [3.8, 4) is 16.9 Å². The van der Waals surface area contributed by atoms with Gasteiger partial charge in [0.15, 0.2) is 0 Å². The minimum Gasteiger partial charge on any atom is -0.507 e. The molecule has 1 N–H and O–H groups in total. The molecule has 0 aliphatic rings. The number of hydrogen-bond donors (Lipinski definition) is 1. The average molecular weight is 288 g/mol. The van der Waals surface area contributed by atoms with Crippen LogP contribution in [0.3, 0.4) is 0 Å². The van der Waals surface area contributed by atoms with E-state index in [0.29, 0.717) is 11.0 Å². The topological polar surface area (TPSA) is 50.4 Å². The summed E-state index contributed by atoms with van der Waals surface area (Å²) in [5.41, 5.74) is 1.83. The van der Waals surface area contributed by atoms with Crippen molar-refractivity contribution in [1.29, 1.82) is 0 Å². The summed E-state index contributed by atoms with van der Waals surface area (Å²) < 4.78 is 5.20. The van der Waals surface area contributed by atoms with Crippen LogP contribution in [-0.4, -0.2) is 5.11 Å². The minimum absolute atomic E-state index is 0.0595. The van der Waals surface area contributed by atoms with Gasteiger partial charge >= 0.3 is 5.63 Å². The molecule has 0 atom stereocenters. The lowest BCUT2D eigenvalue weighted by Crippen LogP contribution is -1.95. The smallest absolute Gasteiger partial charge is 0.339 e. The van der Waals surface area contributed by atoms with Crippen LogP contribution in [0.5, 0.6) is 5.75 Å². The first-order valence-electron chi connectivity index (χ1n) is 6.97. The largest absolute Gasteiger partial charge is 0.507 e. The van der Waals surface area contributed by atoms with Crippen molar-refractivity contribution in [2.24, 2.45) is 0 Å². The second-order valence-electron chi connectivity index (χ2n) is 5.19. The summed E-state index contributed by atoms with van der Waals surface area (Å²) >= 11 is 0. The summed E-state index contributed by atoms with van der Waals surface area (Å²) in [4.78, 5) is 11.4. The Kier molecular flexibility index (Phi) is 2.73. The number of fused-ring (bicyclic) bond motifs is 2. The van der Waals surface area contributed by atoms with Crippen molar-refractivity contribution in [2.45, 2.75) is 0 Å². The number of hydrogen-bond acceptors (Lipinski definition) is 3. The van der Waals surface area contributed by atoms with E-state index in [-0.39, 0.29) is 5.75 Å². The summed E-state index contributed by atoms with van der Waals surface area (Å²) in [5.74, 6) is -0.0595. The van der Waals surface area contributed by atoms with Gasteiger partial charge in [-0.3, -0.25) is 0 Å². The molecule has 0 radical (unpaired) electrons. The highest BCUT2D eigenvalue weighted by atomic mass is 16.4. The Labute approximate surface area is 126 Å². The van der Waals surface area contributed by atoms with Gasteiger partial charge in [0.1, 0.15) is 11.3 Å². The van der Waals surface area contributed by atoms with Gasteiger partial charge in [-0.2, -0.15) is 0 Å². The van der Waals surface area contributed by atoms with E-state index >= 15 is 0 Å². The predicted octanol–water partition coefficient (Wildman–Crippen LogP) is 4.32. The molecule has 1 heterocycles. The van der Waals surface area contributed by atoms with Crippen LogP contribution in [0.25, 0.3) is 32.9 Å². The van der Waals surface area contributed by atoms with E-state index in [2.05, 4.69) is 18.2 Å². The van der Waals surface area contributed by atoms with Crippen LogP contribution in [0.4, 0.5) is 0 Å². The number of rotatable bonds is 1. The van der Waals surface area contributed by atoms with Crippen molar-refractivity contribution in [3.63, 3.8) is 0 Å². The van der Waals surface area contributed by atoms with Crippen LogP contribution < -0.4 is 5.63 Å². The van der Waals surface area contributed by atoms with Gasteiger partial charge in [0.05, 0.1) is 11.5 Å². The van der Waals surface area contributed by atoms with Gasteiger partial charge in [0.25, 0.3) is 0 Å². The summed E-state index contributed by atoms with van der Waals surface area (Å²) in [6.07, 6.45) is 0. The zero-order chi connectivity index (χ0) is 15.1. The predicted molar refractivity (Wildman–Crippen MR) is 87.1 cm³/mol. The summed E-state index contributed by atoms with van der Waals surface area (Å²) in [6.45, 7) is 0. The molecule has 1 aromatic heterocycles. The van der Waals surface area contributed by atoms with E-state index in [9.17, 15) is 9.90 Å². The molecule has 0 fully saturated rings. The quantitative estimate of drug-likeness (QED) is 0.531. The molecule has 0 aliphatic carbocycles. The van der Waals surface area contributed by atoms with Gasteiger partial charge in [0.2, 0.25) is 0 Å². The Balaban J connectivity index is 2.03. The summed E-state index contributed by atoms with van der Waals surface area (Å²) in [6, 6.07) is 20.8. The molecule has 0 amide bonds. The van der Waals surface area contributed by atoms with Gasteiger partial charge in [-0.05, 0) is 34.0 Å². The van der Waals surface area contributed by atoms with Crippen LogP contribution in [0.1, 0.15) is 0 Å². The molecule has 0 unspecified atom stereocenters. The molecule has 4 aromatic rings. The van der Waals surface area contributed by atoms with Crippen LogP contribution >= 0.6 is 0 Å². The summed E-state index contributed by atoms with van der Waals surface area (Å²) in [5, 5.41) is 12.6. The highest BCUT2D eigenvalue weighted by molar-refractivity contribution is 5.98. The SMILES string of the molecule is O=c1cc(O)c2ccc(-c3cccc4ccccc34)cc2o1. The van der Waals surface area contributed by atoms with Gasteiger partial charge in [-0.1, -0.05) is 48.5 Å². The first-order valence-corrected chi connectivity index (χ1v) is 6.97. The third-order valence-electron chi connectivity index (χ3n) is 3.82. The van der Waals surface area contributed by atoms with E-state index < -0.39 is 5.63 Å². The van der Waals surface area contributed by atoms with Gasteiger partial charge < -0.3 is 9.52 Å². The molecule has 0 saturated heterocycles. The first kappa shape index (κ1) is 12.7. The molecule has 3 aromatic carbocycles. The second-order valence-corrected chi connectivity index (χ2v) is 5.19. The zero-order valence-corrected chi connectivity index (χ0v) is 11.6. The normalized spacial score (nSPS) is 11.1. The third-order valence-corrected chi connectivity index (χ3v) is 3.82. The summed E-state index contributed by atoms with van der Waals surface area (Å²) in [7, 11) is 0. The van der Waals surface area contributed by atoms with Crippen molar-refractivity contribution in [3.05, 3.63) is 77.2 Å². The van der Waals surface area contributed by atoms with E-state index in [1.165, 1.54) is 0 Å². The fourth-order valence-corrected chi connectivity index (χ4v) is 2.79. The maximum Gasteiger partial charge on any atom is 0.339 e. The second kappa shape index (κ2) is 4.74. The molecular weight excluding hydrogens is 276 g/mol. The van der Waals surface area contributed by atoms with E-state index in [1.54, 1.807) is 12.1 Å². The number of aromatic hydroxyl groups is 1. The molecular formula is C19H12O3. The number of benzene rings is 3. The molecule has 3 heteroatoms. The first-order chi connectivity index (χ1) is 10.7. The maximum absolute atomic E-state index is 11.4. The van der Waals surface area contributed by atoms with Gasteiger partial charge in [-0.15, -0.1) is 0 Å². The van der Waals surface area contributed by atoms with Crippen LogP contribution in [-0.2, 0) is 0 Å². The van der Waals surface area contributed by atoms with Gasteiger partial charge in [-0.25, -0.2) is 4.79 Å². The molecule has 0 spiro atoms. The van der Waals surface area contributed by atoms with E-state index in [1.807, 2.05) is 30.3 Å². The Morgan fingerprint density at radius 1 is 0.818 bits per heavy atom. The van der Waals surface area contributed by atoms with Crippen molar-refractivity contribution >= 4 is 21.7 Å². The fraction of sp³-hybridized carbons (Fsp3) is 0. The Bertz CT molecular complexity index is 1060. The molecule has 106 valence electrons. The van der Waals surface area contributed by atoms with Crippen molar-refractivity contribution in [1.82, 2.24) is 0 Å². The molecule has 0 saturated carbocycles. The zero-order valence-electron chi connectivity index (χ0n) is 11.6. The highest BCUT2D eigenvalue weighted by Gasteiger charge is 2.08. The van der Waals surface area contributed by atoms with E-state index in [0.717, 1.165) is 28.0 Å². The average Bonchev–Trinajstić information content (AvgIpc) is 2.53. The standard InChI is InChI=1S/C19H12O3/c20-17-11-19(21)22-18-10-13(8-9-16(17)18)15-7-3-5-12-4-1-2-6-14(12)15/h1-11,20H. The lowest BCUT2D eigenvalue weighted by molar-refractivity contribution is 0.468. The molecule has 22 heavy (non-hydrogen) atoms. The van der Waals surface area contributed by atoms with Crippen LogP contribution in [0.15, 0.2) is 75.9 Å². The van der Waals surface area contributed by atoms with Crippen LogP contribution in [0.2, 0.25) is 0 Å². The third kappa shape index (κ3) is 1.95. The van der Waals surface area contributed by atoms with Gasteiger partial charge in [0, 0.05) is 0 Å². The molecule has 0 aliphatic heterocycles. The van der Waals surface area contributed by atoms with E-state index in [4.69, 9.17) is 4.42 Å². The molecule has 4 rings (SSSR count). The Morgan fingerprint density at radius 3 is 2.55 bits per heavy atom. The monoisotopic (exact) mass is 288 g/mol. The maximum atomic E-state index is 11.4. The Hall–Kier alpha value is -3.07. The van der Waals surface area contributed by atoms with Crippen molar-refractivity contribution in [2.75, 3.05) is 0 Å². The molecule has 0 bridgehead atoms. The lowest BCUT2D eigenvalue weighted by atomic mass is 9.97. The van der Waals surface area contributed by atoms with Crippen molar-refractivity contribution < 1.29 is 9.52 Å². The van der Waals surface area contributed by atoms with Crippen LogP contribution in [0, 0.1) is 0 Å². The highest BCUT2D eigenvalue weighted by Crippen LogP contribution is 2.32. The minimum atomic E-state index is -0.555. The Morgan fingerprint density at radius 2 is 1.64 bits per heavy atom.